The van der Waals surface area contributed by atoms with Crippen molar-refractivity contribution in [3.8, 4) is 17.5 Å². The summed E-state index contributed by atoms with van der Waals surface area (Å²) in [6.45, 7) is 2.09. The summed E-state index contributed by atoms with van der Waals surface area (Å²) in [6, 6.07) is 23.8. The summed E-state index contributed by atoms with van der Waals surface area (Å²) in [5, 5.41) is 16.9. The average molecular weight is 411 g/mol. The number of hydrogen-bond acceptors (Lipinski definition) is 4. The second-order valence-corrected chi connectivity index (χ2v) is 7.27. The minimum atomic E-state index is -0.485. The van der Waals surface area contributed by atoms with Gasteiger partial charge in [-0.2, -0.15) is 10.4 Å². The lowest BCUT2D eigenvalue weighted by molar-refractivity contribution is 0.623. The molecule has 0 amide bonds. The molecule has 0 radical (unpaired) electrons. The highest BCUT2D eigenvalue weighted by atomic mass is 19.1. The molecule has 4 aromatic rings. The Morgan fingerprint density at radius 3 is 2.58 bits per heavy atom. The molecule has 6 heteroatoms. The Morgan fingerprint density at radius 2 is 1.87 bits per heavy atom. The van der Waals surface area contributed by atoms with Crippen LogP contribution >= 0.6 is 0 Å². The number of benzene rings is 3. The maximum Gasteiger partial charge on any atom is 0.181 e. The number of nitriles is 1. The number of aryl methyl sites for hydroxylation is 2. The van der Waals surface area contributed by atoms with E-state index < -0.39 is 11.9 Å². The average Bonchev–Trinajstić information content (AvgIpc) is 3.20. The lowest BCUT2D eigenvalue weighted by Gasteiger charge is -2.20. The van der Waals surface area contributed by atoms with E-state index in [1.54, 1.807) is 16.8 Å². The minimum Gasteiger partial charge on any atom is -0.369 e. The van der Waals surface area contributed by atoms with Crippen LogP contribution in [-0.2, 0) is 13.5 Å². The Hall–Kier alpha value is -3.98. The normalized spacial score (nSPS) is 11.7. The first kappa shape index (κ1) is 20.3. The minimum absolute atomic E-state index is 0.276. The molecule has 4 rings (SSSR count). The summed E-state index contributed by atoms with van der Waals surface area (Å²) in [6.07, 6.45) is 0.889. The second kappa shape index (κ2) is 8.80. The molecule has 1 heterocycles. The standard InChI is InChI=1S/C25H22FN5/c1-3-17-8-7-11-20(14-17)23(28-22-13-12-18(16-27)15-21(22)26)25-29-24(30-31(25)2)19-9-5-4-6-10-19/h4-15,23,28H,3H2,1-2H3. The van der Waals surface area contributed by atoms with Crippen LogP contribution in [0.5, 0.6) is 0 Å². The van der Waals surface area contributed by atoms with Gasteiger partial charge in [0, 0.05) is 12.6 Å². The zero-order chi connectivity index (χ0) is 21.8. The van der Waals surface area contributed by atoms with E-state index in [1.807, 2.05) is 55.6 Å². The number of aromatic nitrogens is 3. The summed E-state index contributed by atoms with van der Waals surface area (Å²) >= 11 is 0. The first-order valence-electron chi connectivity index (χ1n) is 10.1. The van der Waals surface area contributed by atoms with Gasteiger partial charge in [0.15, 0.2) is 11.6 Å². The summed E-state index contributed by atoms with van der Waals surface area (Å²) in [5.74, 6) is 0.786. The Labute approximate surface area is 180 Å². The highest BCUT2D eigenvalue weighted by Gasteiger charge is 2.23. The van der Waals surface area contributed by atoms with Crippen LogP contribution < -0.4 is 5.32 Å². The Balaban J connectivity index is 1.80. The van der Waals surface area contributed by atoms with Crippen LogP contribution in [0.4, 0.5) is 10.1 Å². The number of nitrogens with zero attached hydrogens (tertiary/aromatic N) is 4. The molecule has 1 N–H and O–H groups in total. The molecule has 0 aliphatic heterocycles. The number of nitrogens with one attached hydrogen (secondary N) is 1. The van der Waals surface area contributed by atoms with Crippen LogP contribution in [0.25, 0.3) is 11.4 Å². The monoisotopic (exact) mass is 411 g/mol. The van der Waals surface area contributed by atoms with Gasteiger partial charge in [0.25, 0.3) is 0 Å². The summed E-state index contributed by atoms with van der Waals surface area (Å²) in [4.78, 5) is 4.79. The van der Waals surface area contributed by atoms with Crippen molar-refractivity contribution in [2.75, 3.05) is 5.32 Å². The molecule has 5 nitrogen and oxygen atoms in total. The van der Waals surface area contributed by atoms with Crippen LogP contribution in [0.15, 0.2) is 72.8 Å². The number of anilines is 1. The largest absolute Gasteiger partial charge is 0.369 e. The maximum absolute atomic E-state index is 14.7. The topological polar surface area (TPSA) is 66.5 Å². The molecular weight excluding hydrogens is 389 g/mol. The third-order valence-electron chi connectivity index (χ3n) is 5.18. The van der Waals surface area contributed by atoms with Crippen molar-refractivity contribution >= 4 is 5.69 Å². The van der Waals surface area contributed by atoms with Crippen LogP contribution in [0.3, 0.4) is 0 Å². The summed E-state index contributed by atoms with van der Waals surface area (Å²) < 4.78 is 16.4. The van der Waals surface area contributed by atoms with Gasteiger partial charge in [0.2, 0.25) is 0 Å². The number of hydrogen-bond donors (Lipinski definition) is 1. The molecular formula is C25H22FN5. The molecule has 31 heavy (non-hydrogen) atoms. The third-order valence-corrected chi connectivity index (χ3v) is 5.18. The number of halogens is 1. The maximum atomic E-state index is 14.7. The summed E-state index contributed by atoms with van der Waals surface area (Å²) in [5.41, 5.74) is 3.62. The van der Waals surface area contributed by atoms with Crippen LogP contribution in [0.2, 0.25) is 0 Å². The van der Waals surface area contributed by atoms with Crippen LogP contribution in [-0.4, -0.2) is 14.8 Å². The predicted octanol–water partition coefficient (Wildman–Crippen LogP) is 5.26. The van der Waals surface area contributed by atoms with E-state index >= 15 is 0 Å². The van der Waals surface area contributed by atoms with Gasteiger partial charge in [0.1, 0.15) is 11.9 Å². The van der Waals surface area contributed by atoms with Gasteiger partial charge in [-0.25, -0.2) is 9.37 Å². The lowest BCUT2D eigenvalue weighted by atomic mass is 10.0. The molecule has 1 atom stereocenters. The van der Waals surface area contributed by atoms with E-state index in [4.69, 9.17) is 10.2 Å². The fraction of sp³-hybridized carbons (Fsp3) is 0.160. The van der Waals surface area contributed by atoms with E-state index in [1.165, 1.54) is 11.6 Å². The molecule has 1 unspecified atom stereocenters. The molecule has 154 valence electrons. The Bertz CT molecular complexity index is 1240. The van der Waals surface area contributed by atoms with Gasteiger partial charge in [-0.05, 0) is 35.7 Å². The van der Waals surface area contributed by atoms with E-state index in [0.717, 1.165) is 17.5 Å². The SMILES string of the molecule is CCc1cccc(C(Nc2ccc(C#N)cc2F)c2nc(-c3ccccc3)nn2C)c1. The fourth-order valence-electron chi connectivity index (χ4n) is 3.50. The van der Waals surface area contributed by atoms with Gasteiger partial charge < -0.3 is 5.32 Å². The van der Waals surface area contributed by atoms with E-state index in [2.05, 4.69) is 29.5 Å². The van der Waals surface area contributed by atoms with Gasteiger partial charge in [-0.15, -0.1) is 0 Å². The molecule has 0 spiro atoms. The highest BCUT2D eigenvalue weighted by Crippen LogP contribution is 2.29. The van der Waals surface area contributed by atoms with Crippen molar-refractivity contribution in [3.63, 3.8) is 0 Å². The van der Waals surface area contributed by atoms with E-state index in [9.17, 15) is 4.39 Å². The van der Waals surface area contributed by atoms with Crippen molar-refractivity contribution in [2.45, 2.75) is 19.4 Å². The quantitative estimate of drug-likeness (QED) is 0.470. The molecule has 0 fully saturated rings. The van der Waals surface area contributed by atoms with E-state index in [0.29, 0.717) is 17.3 Å². The summed E-state index contributed by atoms with van der Waals surface area (Å²) in [7, 11) is 1.84. The second-order valence-electron chi connectivity index (χ2n) is 7.27. The smallest absolute Gasteiger partial charge is 0.181 e. The first-order valence-corrected chi connectivity index (χ1v) is 10.1. The van der Waals surface area contributed by atoms with Crippen molar-refractivity contribution in [3.05, 3.63) is 101 Å². The first-order chi connectivity index (χ1) is 15.1. The zero-order valence-corrected chi connectivity index (χ0v) is 17.4. The van der Waals surface area contributed by atoms with Crippen molar-refractivity contribution in [1.82, 2.24) is 14.8 Å². The highest BCUT2D eigenvalue weighted by molar-refractivity contribution is 5.56. The van der Waals surface area contributed by atoms with Crippen molar-refractivity contribution < 1.29 is 4.39 Å². The molecule has 0 saturated carbocycles. The Kier molecular flexibility index (Phi) is 5.76. The third kappa shape index (κ3) is 4.31. The Morgan fingerprint density at radius 1 is 1.06 bits per heavy atom. The molecule has 0 bridgehead atoms. The molecule has 3 aromatic carbocycles. The number of rotatable bonds is 6. The van der Waals surface area contributed by atoms with Crippen LogP contribution in [0.1, 0.15) is 35.5 Å². The fourth-order valence-corrected chi connectivity index (χ4v) is 3.50. The van der Waals surface area contributed by atoms with Gasteiger partial charge in [-0.3, -0.25) is 4.68 Å². The molecule has 0 aliphatic rings. The molecule has 0 aliphatic carbocycles. The van der Waals surface area contributed by atoms with Gasteiger partial charge in [0.05, 0.1) is 17.3 Å². The van der Waals surface area contributed by atoms with Crippen molar-refractivity contribution in [2.24, 2.45) is 7.05 Å². The zero-order valence-electron chi connectivity index (χ0n) is 17.4. The predicted molar refractivity (Wildman–Crippen MR) is 119 cm³/mol. The van der Waals surface area contributed by atoms with Gasteiger partial charge in [-0.1, -0.05) is 61.5 Å². The van der Waals surface area contributed by atoms with Crippen molar-refractivity contribution in [1.29, 1.82) is 5.26 Å². The lowest BCUT2D eigenvalue weighted by Crippen LogP contribution is -2.18. The van der Waals surface area contributed by atoms with Crippen LogP contribution in [0, 0.1) is 17.1 Å². The molecule has 0 saturated heterocycles. The van der Waals surface area contributed by atoms with Gasteiger partial charge >= 0.3 is 0 Å². The molecule has 1 aromatic heterocycles. The van der Waals surface area contributed by atoms with E-state index in [-0.39, 0.29) is 5.56 Å².